The molecule has 0 fully saturated rings. The first-order chi connectivity index (χ1) is 7.95. The summed E-state index contributed by atoms with van der Waals surface area (Å²) in [6.07, 6.45) is 0. The Hall–Kier alpha value is -2.24. The average Bonchev–Trinajstić information content (AvgIpc) is 2.28. The lowest BCUT2D eigenvalue weighted by Crippen LogP contribution is -2.27. The number of hydrogen-bond acceptors (Lipinski definition) is 3. The largest absolute Gasteiger partial charge is 0.495 e. The van der Waals surface area contributed by atoms with Crippen LogP contribution < -0.4 is 15.8 Å². The molecule has 0 spiro atoms. The van der Waals surface area contributed by atoms with Crippen molar-refractivity contribution in [2.45, 2.75) is 0 Å². The zero-order chi connectivity index (χ0) is 13.0. The maximum absolute atomic E-state index is 11.5. The predicted molar refractivity (Wildman–Crippen MR) is 66.7 cm³/mol. The van der Waals surface area contributed by atoms with Crippen LogP contribution in [0.1, 0.15) is 5.56 Å². The second-order valence-electron chi connectivity index (χ2n) is 3.65. The van der Waals surface area contributed by atoms with E-state index in [9.17, 15) is 4.79 Å². The van der Waals surface area contributed by atoms with Gasteiger partial charge < -0.3 is 20.7 Å². The molecule has 92 valence electrons. The molecule has 0 aliphatic heterocycles. The summed E-state index contributed by atoms with van der Waals surface area (Å²) in [5, 5.41) is 9.99. The van der Waals surface area contributed by atoms with Gasteiger partial charge in [0.1, 0.15) is 11.6 Å². The molecule has 0 unspecified atom stereocenters. The minimum absolute atomic E-state index is 0.0474. The van der Waals surface area contributed by atoms with Crippen molar-refractivity contribution in [2.75, 3.05) is 26.5 Å². The van der Waals surface area contributed by atoms with Crippen LogP contribution in [0.25, 0.3) is 0 Å². The lowest BCUT2D eigenvalue weighted by atomic mass is 10.1. The highest BCUT2D eigenvalue weighted by atomic mass is 16.5. The fraction of sp³-hybridized carbons (Fsp3) is 0.273. The van der Waals surface area contributed by atoms with Gasteiger partial charge in [-0.3, -0.25) is 5.41 Å². The van der Waals surface area contributed by atoms with Crippen LogP contribution in [0.5, 0.6) is 5.75 Å². The van der Waals surface area contributed by atoms with E-state index in [1.54, 1.807) is 32.3 Å². The number of carbonyl (C=O) groups is 1. The van der Waals surface area contributed by atoms with E-state index in [1.807, 2.05) is 0 Å². The second-order valence-corrected chi connectivity index (χ2v) is 3.65. The van der Waals surface area contributed by atoms with Crippen molar-refractivity contribution in [3.05, 3.63) is 23.8 Å². The molecule has 0 aliphatic carbocycles. The minimum Gasteiger partial charge on any atom is -0.495 e. The van der Waals surface area contributed by atoms with Crippen molar-refractivity contribution < 1.29 is 9.53 Å². The zero-order valence-electron chi connectivity index (χ0n) is 10.1. The van der Waals surface area contributed by atoms with E-state index < -0.39 is 0 Å². The molecule has 0 aromatic heterocycles. The highest BCUT2D eigenvalue weighted by Crippen LogP contribution is 2.25. The van der Waals surface area contributed by atoms with Gasteiger partial charge in [-0.15, -0.1) is 0 Å². The van der Waals surface area contributed by atoms with E-state index in [1.165, 1.54) is 12.0 Å². The number of nitrogens with one attached hydrogen (secondary N) is 2. The molecule has 2 amide bonds. The van der Waals surface area contributed by atoms with Gasteiger partial charge in [-0.1, -0.05) is 0 Å². The molecule has 0 heterocycles. The topological polar surface area (TPSA) is 91.4 Å². The number of nitrogen functional groups attached to an aromatic ring is 1. The summed E-state index contributed by atoms with van der Waals surface area (Å²) in [6, 6.07) is 4.65. The molecule has 0 saturated carbocycles. The van der Waals surface area contributed by atoms with Crippen molar-refractivity contribution >= 4 is 17.6 Å². The van der Waals surface area contributed by atoms with Crippen molar-refractivity contribution in [3.8, 4) is 5.75 Å². The molecule has 0 radical (unpaired) electrons. The van der Waals surface area contributed by atoms with E-state index in [4.69, 9.17) is 15.9 Å². The Balaban J connectivity index is 3.01. The number of amidine groups is 1. The minimum atomic E-state index is -0.251. The third-order valence-electron chi connectivity index (χ3n) is 2.16. The summed E-state index contributed by atoms with van der Waals surface area (Å²) in [4.78, 5) is 12.9. The molecule has 0 saturated heterocycles. The Morgan fingerprint density at radius 1 is 1.47 bits per heavy atom. The fourth-order valence-electron chi connectivity index (χ4n) is 1.19. The lowest BCUT2D eigenvalue weighted by molar-refractivity contribution is 0.230. The third-order valence-corrected chi connectivity index (χ3v) is 2.16. The first kappa shape index (κ1) is 12.8. The third kappa shape index (κ3) is 3.10. The quantitative estimate of drug-likeness (QED) is 0.541. The van der Waals surface area contributed by atoms with Crippen LogP contribution in [0.3, 0.4) is 0 Å². The van der Waals surface area contributed by atoms with Gasteiger partial charge in [-0.2, -0.15) is 0 Å². The number of amides is 2. The van der Waals surface area contributed by atoms with Crippen LogP contribution in [0.4, 0.5) is 10.5 Å². The normalized spacial score (nSPS) is 9.59. The number of methoxy groups -OCH3 is 1. The summed E-state index contributed by atoms with van der Waals surface area (Å²) in [6.45, 7) is 0. The maximum atomic E-state index is 11.5. The van der Waals surface area contributed by atoms with Gasteiger partial charge in [0.05, 0.1) is 12.8 Å². The maximum Gasteiger partial charge on any atom is 0.321 e. The van der Waals surface area contributed by atoms with Crippen LogP contribution in [0, 0.1) is 5.41 Å². The van der Waals surface area contributed by atoms with Crippen molar-refractivity contribution in [1.82, 2.24) is 4.90 Å². The molecule has 1 aromatic carbocycles. The lowest BCUT2D eigenvalue weighted by Gasteiger charge is -2.15. The molecule has 4 N–H and O–H groups in total. The van der Waals surface area contributed by atoms with Crippen LogP contribution >= 0.6 is 0 Å². The summed E-state index contributed by atoms with van der Waals surface area (Å²) < 4.78 is 5.13. The monoisotopic (exact) mass is 236 g/mol. The number of ether oxygens (including phenoxy) is 1. The highest BCUT2D eigenvalue weighted by Gasteiger charge is 2.10. The smallest absolute Gasteiger partial charge is 0.321 e. The number of benzene rings is 1. The molecular weight excluding hydrogens is 220 g/mol. The van der Waals surface area contributed by atoms with Gasteiger partial charge in [-0.05, 0) is 18.2 Å². The number of carbonyl (C=O) groups excluding carboxylic acids is 1. The molecule has 1 aromatic rings. The van der Waals surface area contributed by atoms with Gasteiger partial charge in [0.25, 0.3) is 0 Å². The highest BCUT2D eigenvalue weighted by molar-refractivity contribution is 5.97. The van der Waals surface area contributed by atoms with E-state index in [0.29, 0.717) is 17.0 Å². The van der Waals surface area contributed by atoms with Crippen LogP contribution in [-0.4, -0.2) is 38.0 Å². The molecule has 0 bridgehead atoms. The number of rotatable bonds is 3. The van der Waals surface area contributed by atoms with E-state index in [2.05, 4.69) is 5.32 Å². The first-order valence-electron chi connectivity index (χ1n) is 4.96. The molecule has 1 rings (SSSR count). The van der Waals surface area contributed by atoms with Gasteiger partial charge >= 0.3 is 6.03 Å². The first-order valence-corrected chi connectivity index (χ1v) is 4.96. The Labute approximate surface area is 99.9 Å². The van der Waals surface area contributed by atoms with Crippen molar-refractivity contribution in [3.63, 3.8) is 0 Å². The van der Waals surface area contributed by atoms with Crippen LogP contribution in [-0.2, 0) is 0 Å². The van der Waals surface area contributed by atoms with Crippen LogP contribution in [0.2, 0.25) is 0 Å². The number of nitrogens with zero attached hydrogens (tertiary/aromatic N) is 1. The molecule has 6 heteroatoms. The predicted octanol–water partition coefficient (Wildman–Crippen LogP) is 1.07. The number of nitrogens with two attached hydrogens (primary N) is 1. The summed E-state index contributed by atoms with van der Waals surface area (Å²) in [5.41, 5.74) is 6.45. The Kier molecular flexibility index (Phi) is 3.92. The number of hydrogen-bond donors (Lipinski definition) is 3. The Morgan fingerprint density at radius 2 is 2.12 bits per heavy atom. The van der Waals surface area contributed by atoms with E-state index in [-0.39, 0.29) is 11.9 Å². The van der Waals surface area contributed by atoms with Gasteiger partial charge in [0.15, 0.2) is 0 Å². The summed E-state index contributed by atoms with van der Waals surface area (Å²) >= 11 is 0. The summed E-state index contributed by atoms with van der Waals surface area (Å²) in [5.74, 6) is 0.418. The van der Waals surface area contributed by atoms with Gasteiger partial charge in [0, 0.05) is 19.7 Å². The van der Waals surface area contributed by atoms with Crippen molar-refractivity contribution in [1.29, 1.82) is 5.41 Å². The zero-order valence-corrected chi connectivity index (χ0v) is 10.1. The second kappa shape index (κ2) is 5.20. The van der Waals surface area contributed by atoms with E-state index in [0.717, 1.165) is 0 Å². The van der Waals surface area contributed by atoms with E-state index >= 15 is 0 Å². The van der Waals surface area contributed by atoms with Gasteiger partial charge in [0.2, 0.25) is 0 Å². The van der Waals surface area contributed by atoms with Gasteiger partial charge in [-0.25, -0.2) is 4.79 Å². The fourth-order valence-corrected chi connectivity index (χ4v) is 1.19. The van der Waals surface area contributed by atoms with Crippen molar-refractivity contribution in [2.24, 2.45) is 5.73 Å². The summed E-state index contributed by atoms with van der Waals surface area (Å²) in [7, 11) is 4.78. The average molecular weight is 236 g/mol. The molecule has 0 atom stereocenters. The molecule has 6 nitrogen and oxygen atoms in total. The Bertz CT molecular complexity index is 443. The number of anilines is 1. The molecule has 17 heavy (non-hydrogen) atoms. The number of urea groups is 1. The molecule has 0 aliphatic rings. The standard InChI is InChI=1S/C11H16N4O2/c1-15(2)11(16)14-8-5-4-7(10(12)13)6-9(8)17-3/h4-6H,1-3H3,(H3,12,13)(H,14,16). The Morgan fingerprint density at radius 3 is 2.59 bits per heavy atom. The SMILES string of the molecule is COc1cc(C(=N)N)ccc1NC(=O)N(C)C. The van der Waals surface area contributed by atoms with Crippen LogP contribution in [0.15, 0.2) is 18.2 Å². The molecular formula is C11H16N4O2.